The van der Waals surface area contributed by atoms with Gasteiger partial charge in [0.15, 0.2) is 0 Å². The van der Waals surface area contributed by atoms with Crippen molar-refractivity contribution in [2.75, 3.05) is 19.7 Å². The molecular formula is C24H27ClN2O7. The van der Waals surface area contributed by atoms with E-state index in [2.05, 4.69) is 5.16 Å². The summed E-state index contributed by atoms with van der Waals surface area (Å²) in [7, 11) is 0. The van der Waals surface area contributed by atoms with Gasteiger partial charge in [-0.15, -0.1) is 0 Å². The summed E-state index contributed by atoms with van der Waals surface area (Å²) >= 11 is 6.33. The number of cyclic esters (lactones) is 1. The van der Waals surface area contributed by atoms with E-state index in [1.807, 2.05) is 12.2 Å². The third-order valence-corrected chi connectivity index (χ3v) is 6.31. The minimum Gasteiger partial charge on any atom is -0.507 e. The average Bonchev–Trinajstić information content (AvgIpc) is 3.38. The number of allylic oxidation sites excluding steroid dienone is 3. The van der Waals surface area contributed by atoms with E-state index >= 15 is 0 Å². The van der Waals surface area contributed by atoms with Crippen LogP contribution in [0.5, 0.6) is 11.5 Å². The molecule has 0 saturated carbocycles. The van der Waals surface area contributed by atoms with Crippen LogP contribution < -0.4 is 0 Å². The number of rotatable bonds is 4. The molecule has 10 heteroatoms. The maximum atomic E-state index is 12.9. The van der Waals surface area contributed by atoms with E-state index in [-0.39, 0.29) is 53.0 Å². The summed E-state index contributed by atoms with van der Waals surface area (Å²) in [4.78, 5) is 31.9. The van der Waals surface area contributed by atoms with Crippen molar-refractivity contribution in [2.45, 2.75) is 50.9 Å². The first-order chi connectivity index (χ1) is 16.3. The van der Waals surface area contributed by atoms with Crippen molar-refractivity contribution in [3.05, 3.63) is 46.5 Å². The zero-order chi connectivity index (χ0) is 24.2. The maximum absolute atomic E-state index is 12.9. The van der Waals surface area contributed by atoms with E-state index in [4.69, 9.17) is 25.9 Å². The second kappa shape index (κ2) is 10.5. The molecule has 3 heterocycles. The quantitative estimate of drug-likeness (QED) is 0.288. The Bertz CT molecular complexity index is 1050. The fraction of sp³-hybridized carbons (Fsp3) is 0.458. The summed E-state index contributed by atoms with van der Waals surface area (Å²) in [6, 6.07) is 1.01. The van der Waals surface area contributed by atoms with Gasteiger partial charge in [0.1, 0.15) is 35.9 Å². The highest BCUT2D eigenvalue weighted by Gasteiger charge is 2.38. The molecule has 0 aliphatic carbocycles. The summed E-state index contributed by atoms with van der Waals surface area (Å²) in [5.41, 5.74) is 0.413. The fourth-order valence-electron chi connectivity index (χ4n) is 4.07. The summed E-state index contributed by atoms with van der Waals surface area (Å²) < 4.78 is 11.1. The van der Waals surface area contributed by atoms with Gasteiger partial charge in [-0.05, 0) is 25.0 Å². The number of nitrogens with zero attached hydrogens (tertiary/aromatic N) is 2. The Kier molecular flexibility index (Phi) is 7.43. The molecule has 4 rings (SSSR count). The van der Waals surface area contributed by atoms with Crippen LogP contribution in [-0.4, -0.2) is 70.7 Å². The van der Waals surface area contributed by atoms with E-state index in [0.717, 1.165) is 12.5 Å². The van der Waals surface area contributed by atoms with Gasteiger partial charge >= 0.3 is 5.97 Å². The lowest BCUT2D eigenvalue weighted by Crippen LogP contribution is -2.28. The van der Waals surface area contributed by atoms with Gasteiger partial charge in [-0.3, -0.25) is 4.79 Å². The second-order valence-corrected chi connectivity index (χ2v) is 8.87. The minimum atomic E-state index is -0.761. The van der Waals surface area contributed by atoms with E-state index in [0.29, 0.717) is 31.6 Å². The van der Waals surface area contributed by atoms with Gasteiger partial charge in [-0.1, -0.05) is 35.0 Å². The summed E-state index contributed by atoms with van der Waals surface area (Å²) in [6.07, 6.45) is 8.46. The number of halogens is 1. The first kappa shape index (κ1) is 24.1. The molecule has 3 aliphatic heterocycles. The van der Waals surface area contributed by atoms with Crippen LogP contribution in [0.4, 0.5) is 0 Å². The summed E-state index contributed by atoms with van der Waals surface area (Å²) in [5, 5.41) is 24.7. The number of oxime groups is 1. The van der Waals surface area contributed by atoms with Gasteiger partial charge < -0.3 is 29.4 Å². The molecule has 1 amide bonds. The van der Waals surface area contributed by atoms with Gasteiger partial charge in [-0.2, -0.15) is 0 Å². The molecule has 0 radical (unpaired) electrons. The van der Waals surface area contributed by atoms with Crippen molar-refractivity contribution < 1.29 is 34.1 Å². The highest BCUT2D eigenvalue weighted by atomic mass is 35.5. The van der Waals surface area contributed by atoms with E-state index in [9.17, 15) is 19.8 Å². The molecule has 2 fully saturated rings. The standard InChI is InChI=1S/C24H27ClN2O7/c1-14-11-20-19(34-20)6-3-2-5-15(26-32-10-9-27-8-4-7-21(27)30)12-16-22(24(31)33-14)17(28)13-18(29)23(16)25/h2-3,5-6,13-14,19-20,28-29H,4,7-12H2,1H3/b5-2-,6-3-,26-15+/t14-,19-,20-/m1/s1. The number of fused-ring (bicyclic) bond motifs is 2. The number of amides is 1. The topological polar surface area (TPSA) is 121 Å². The van der Waals surface area contributed by atoms with Crippen molar-refractivity contribution in [2.24, 2.45) is 5.16 Å². The van der Waals surface area contributed by atoms with Crippen LogP contribution in [0.15, 0.2) is 35.5 Å². The molecule has 2 N–H and O–H groups in total. The lowest BCUT2D eigenvalue weighted by atomic mass is 9.99. The number of phenolic OH excluding ortho intramolecular Hbond substituents is 2. The van der Waals surface area contributed by atoms with Gasteiger partial charge in [0.05, 0.1) is 23.4 Å². The Hall–Kier alpha value is -3.04. The monoisotopic (exact) mass is 490 g/mol. The maximum Gasteiger partial charge on any atom is 0.342 e. The highest BCUT2D eigenvalue weighted by molar-refractivity contribution is 6.33. The molecule has 1 aromatic rings. The number of aromatic hydroxyl groups is 2. The van der Waals surface area contributed by atoms with Crippen LogP contribution in [0.25, 0.3) is 0 Å². The smallest absolute Gasteiger partial charge is 0.342 e. The predicted octanol–water partition coefficient (Wildman–Crippen LogP) is 3.12. The number of hydrogen-bond acceptors (Lipinski definition) is 8. The van der Waals surface area contributed by atoms with Crippen molar-refractivity contribution >= 4 is 29.2 Å². The Labute approximate surface area is 202 Å². The average molecular weight is 491 g/mol. The molecule has 2 saturated heterocycles. The van der Waals surface area contributed by atoms with Crippen LogP contribution in [0.3, 0.4) is 0 Å². The molecule has 3 aliphatic rings. The molecular weight excluding hydrogens is 464 g/mol. The van der Waals surface area contributed by atoms with Crippen LogP contribution in [0, 0.1) is 0 Å². The largest absolute Gasteiger partial charge is 0.507 e. The first-order valence-corrected chi connectivity index (χ1v) is 11.6. The van der Waals surface area contributed by atoms with Gasteiger partial charge in [-0.25, -0.2) is 4.79 Å². The van der Waals surface area contributed by atoms with Crippen LogP contribution in [0.1, 0.15) is 42.1 Å². The lowest BCUT2D eigenvalue weighted by molar-refractivity contribution is -0.128. The van der Waals surface area contributed by atoms with E-state index < -0.39 is 17.8 Å². The Morgan fingerprint density at radius 2 is 2.09 bits per heavy atom. The second-order valence-electron chi connectivity index (χ2n) is 8.49. The Morgan fingerprint density at radius 1 is 1.26 bits per heavy atom. The number of esters is 1. The normalized spacial score (nSPS) is 28.0. The number of likely N-dealkylation sites (tertiary alicyclic amines) is 1. The third-order valence-electron chi connectivity index (χ3n) is 5.88. The molecule has 1 aromatic carbocycles. The molecule has 34 heavy (non-hydrogen) atoms. The number of phenols is 2. The number of hydrogen-bond donors (Lipinski definition) is 2. The van der Waals surface area contributed by atoms with Crippen molar-refractivity contribution in [1.29, 1.82) is 0 Å². The highest BCUT2D eigenvalue weighted by Crippen LogP contribution is 2.38. The molecule has 0 bridgehead atoms. The van der Waals surface area contributed by atoms with Crippen molar-refractivity contribution in [1.82, 2.24) is 4.90 Å². The molecule has 3 atom stereocenters. The number of carbonyl (C=O) groups excluding carboxylic acids is 2. The fourth-order valence-corrected chi connectivity index (χ4v) is 4.29. The van der Waals surface area contributed by atoms with Gasteiger partial charge in [0, 0.05) is 31.9 Å². The molecule has 0 spiro atoms. The van der Waals surface area contributed by atoms with Crippen LogP contribution >= 0.6 is 11.6 Å². The lowest BCUT2D eigenvalue weighted by Gasteiger charge is -2.17. The van der Waals surface area contributed by atoms with E-state index in [1.165, 1.54) is 0 Å². The first-order valence-electron chi connectivity index (χ1n) is 11.2. The Morgan fingerprint density at radius 3 is 2.85 bits per heavy atom. The SMILES string of the molecule is C[C@@H]1C[C@H]2O[C@@H]2\C=C/C=C\C(=N/OCCN2CCCC2=O)Cc2c(Cl)c(O)cc(O)c2C(=O)O1. The van der Waals surface area contributed by atoms with Crippen LogP contribution in [0.2, 0.25) is 5.02 Å². The third kappa shape index (κ3) is 5.71. The van der Waals surface area contributed by atoms with Gasteiger partial charge in [0.2, 0.25) is 5.91 Å². The van der Waals surface area contributed by atoms with E-state index in [1.54, 1.807) is 24.0 Å². The molecule has 0 unspecified atom stereocenters. The zero-order valence-corrected chi connectivity index (χ0v) is 19.5. The summed E-state index contributed by atoms with van der Waals surface area (Å²) in [5.74, 6) is -1.48. The number of ether oxygens (including phenoxy) is 2. The number of benzene rings is 1. The predicted molar refractivity (Wildman–Crippen MR) is 124 cm³/mol. The number of carbonyl (C=O) groups is 2. The number of epoxide rings is 1. The van der Waals surface area contributed by atoms with Crippen LogP contribution in [-0.2, 0) is 25.5 Å². The minimum absolute atomic E-state index is 0.0187. The van der Waals surface area contributed by atoms with Crippen molar-refractivity contribution in [3.8, 4) is 11.5 Å². The zero-order valence-electron chi connectivity index (χ0n) is 18.8. The summed E-state index contributed by atoms with van der Waals surface area (Å²) in [6.45, 7) is 3.07. The van der Waals surface area contributed by atoms with Gasteiger partial charge in [0.25, 0.3) is 0 Å². The molecule has 0 aromatic heterocycles. The molecule has 182 valence electrons. The van der Waals surface area contributed by atoms with Crippen molar-refractivity contribution in [3.63, 3.8) is 0 Å². The Balaban J connectivity index is 1.61. The molecule has 9 nitrogen and oxygen atoms in total.